The lowest BCUT2D eigenvalue weighted by Crippen LogP contribution is -2.13. The monoisotopic (exact) mass is 386 g/mol. The SMILES string of the molecule is CCOc1ccc(NC(=O)C(C#N)=Cc2c(OCC)ccc3ccccc23)cc1. The molecule has 0 bridgehead atoms. The molecule has 0 radical (unpaired) electrons. The standard InChI is InChI=1S/C24H22N2O3/c1-3-28-20-12-10-19(11-13-20)26-24(27)18(16-25)15-22-21-8-6-5-7-17(21)9-14-23(22)29-4-2/h5-15H,3-4H2,1-2H3,(H,26,27). The number of rotatable bonds is 7. The number of nitriles is 1. The summed E-state index contributed by atoms with van der Waals surface area (Å²) in [7, 11) is 0. The average Bonchev–Trinajstić information content (AvgIpc) is 2.74. The Bertz CT molecular complexity index is 1080. The van der Waals surface area contributed by atoms with Gasteiger partial charge in [-0.05, 0) is 61.0 Å². The van der Waals surface area contributed by atoms with Crippen molar-refractivity contribution in [3.63, 3.8) is 0 Å². The van der Waals surface area contributed by atoms with Gasteiger partial charge in [0.15, 0.2) is 0 Å². The normalized spacial score (nSPS) is 11.0. The van der Waals surface area contributed by atoms with E-state index in [0.717, 1.165) is 16.5 Å². The molecule has 3 aromatic rings. The zero-order valence-electron chi connectivity index (χ0n) is 16.4. The maximum atomic E-state index is 12.7. The summed E-state index contributed by atoms with van der Waals surface area (Å²) in [6.45, 7) is 4.86. The van der Waals surface area contributed by atoms with Crippen LogP contribution >= 0.6 is 0 Å². The van der Waals surface area contributed by atoms with Crippen LogP contribution in [0, 0.1) is 11.3 Å². The summed E-state index contributed by atoms with van der Waals surface area (Å²) < 4.78 is 11.1. The van der Waals surface area contributed by atoms with Gasteiger partial charge in [0.2, 0.25) is 0 Å². The first-order valence-corrected chi connectivity index (χ1v) is 9.46. The van der Waals surface area contributed by atoms with Gasteiger partial charge in [0.1, 0.15) is 23.1 Å². The van der Waals surface area contributed by atoms with E-state index in [2.05, 4.69) is 5.32 Å². The highest BCUT2D eigenvalue weighted by atomic mass is 16.5. The Morgan fingerprint density at radius 1 is 1.00 bits per heavy atom. The fourth-order valence-corrected chi connectivity index (χ4v) is 3.00. The highest BCUT2D eigenvalue weighted by Gasteiger charge is 2.13. The van der Waals surface area contributed by atoms with Crippen molar-refractivity contribution in [3.05, 3.63) is 71.8 Å². The van der Waals surface area contributed by atoms with Crippen molar-refractivity contribution in [1.82, 2.24) is 0 Å². The first-order valence-electron chi connectivity index (χ1n) is 9.46. The Labute approximate surface area is 170 Å². The molecular weight excluding hydrogens is 364 g/mol. The van der Waals surface area contributed by atoms with Crippen LogP contribution in [0.15, 0.2) is 66.2 Å². The third kappa shape index (κ3) is 4.74. The summed E-state index contributed by atoms with van der Waals surface area (Å²) in [5.74, 6) is 0.874. The van der Waals surface area contributed by atoms with E-state index in [1.807, 2.05) is 56.3 Å². The lowest BCUT2D eigenvalue weighted by molar-refractivity contribution is -0.112. The summed E-state index contributed by atoms with van der Waals surface area (Å²) in [5.41, 5.74) is 1.29. The molecule has 3 aromatic carbocycles. The van der Waals surface area contributed by atoms with Gasteiger partial charge in [-0.2, -0.15) is 5.26 Å². The van der Waals surface area contributed by atoms with Crippen LogP contribution in [-0.4, -0.2) is 19.1 Å². The molecule has 0 aliphatic carbocycles. The van der Waals surface area contributed by atoms with Gasteiger partial charge >= 0.3 is 0 Å². The Morgan fingerprint density at radius 2 is 1.72 bits per heavy atom. The number of fused-ring (bicyclic) bond motifs is 1. The van der Waals surface area contributed by atoms with Crippen LogP contribution in [-0.2, 0) is 4.79 Å². The lowest BCUT2D eigenvalue weighted by Gasteiger charge is -2.11. The Hall–Kier alpha value is -3.78. The molecule has 1 N–H and O–H groups in total. The van der Waals surface area contributed by atoms with Gasteiger partial charge in [-0.15, -0.1) is 0 Å². The number of carbonyl (C=O) groups is 1. The third-order valence-electron chi connectivity index (χ3n) is 4.31. The topological polar surface area (TPSA) is 71.3 Å². The van der Waals surface area contributed by atoms with Crippen LogP contribution in [0.5, 0.6) is 11.5 Å². The second kappa shape index (κ2) is 9.43. The highest BCUT2D eigenvalue weighted by Crippen LogP contribution is 2.30. The zero-order chi connectivity index (χ0) is 20.6. The fraction of sp³-hybridized carbons (Fsp3) is 0.167. The summed E-state index contributed by atoms with van der Waals surface area (Å²) in [4.78, 5) is 12.7. The third-order valence-corrected chi connectivity index (χ3v) is 4.31. The molecule has 0 aromatic heterocycles. The molecule has 0 unspecified atom stereocenters. The zero-order valence-corrected chi connectivity index (χ0v) is 16.4. The molecule has 3 rings (SSSR count). The minimum atomic E-state index is -0.480. The molecule has 5 nitrogen and oxygen atoms in total. The summed E-state index contributed by atoms with van der Waals surface area (Å²) in [6, 6.07) is 20.6. The summed E-state index contributed by atoms with van der Waals surface area (Å²) >= 11 is 0. The first kappa shape index (κ1) is 20.0. The number of nitrogens with one attached hydrogen (secondary N) is 1. The van der Waals surface area contributed by atoms with Crippen molar-refractivity contribution in [3.8, 4) is 17.6 Å². The Balaban J connectivity index is 1.94. The van der Waals surface area contributed by atoms with Gasteiger partial charge in [0.05, 0.1) is 13.2 Å². The van der Waals surface area contributed by atoms with Crippen molar-refractivity contribution < 1.29 is 14.3 Å². The smallest absolute Gasteiger partial charge is 0.266 e. The maximum Gasteiger partial charge on any atom is 0.266 e. The minimum absolute atomic E-state index is 0.00353. The number of carbonyl (C=O) groups excluding carboxylic acids is 1. The Kier molecular flexibility index (Phi) is 6.49. The van der Waals surface area contributed by atoms with Crippen molar-refractivity contribution in [2.24, 2.45) is 0 Å². The van der Waals surface area contributed by atoms with Crippen LogP contribution < -0.4 is 14.8 Å². The van der Waals surface area contributed by atoms with E-state index in [1.54, 1.807) is 30.3 Å². The van der Waals surface area contributed by atoms with E-state index < -0.39 is 5.91 Å². The van der Waals surface area contributed by atoms with Gasteiger partial charge in [0.25, 0.3) is 5.91 Å². The number of anilines is 1. The van der Waals surface area contributed by atoms with Gasteiger partial charge in [-0.25, -0.2) is 0 Å². The largest absolute Gasteiger partial charge is 0.494 e. The number of benzene rings is 3. The van der Waals surface area contributed by atoms with Gasteiger partial charge in [0, 0.05) is 11.3 Å². The van der Waals surface area contributed by atoms with E-state index in [4.69, 9.17) is 9.47 Å². The molecule has 146 valence electrons. The molecule has 1 amide bonds. The van der Waals surface area contributed by atoms with Crippen LogP contribution in [0.4, 0.5) is 5.69 Å². The summed E-state index contributed by atoms with van der Waals surface area (Å²) in [6.07, 6.45) is 1.58. The van der Waals surface area contributed by atoms with Crippen molar-refractivity contribution in [1.29, 1.82) is 5.26 Å². The highest BCUT2D eigenvalue weighted by molar-refractivity contribution is 6.11. The van der Waals surface area contributed by atoms with E-state index in [1.165, 1.54) is 0 Å². The number of ether oxygens (including phenoxy) is 2. The van der Waals surface area contributed by atoms with Crippen molar-refractivity contribution in [2.75, 3.05) is 18.5 Å². The van der Waals surface area contributed by atoms with Crippen LogP contribution in [0.25, 0.3) is 16.8 Å². The fourth-order valence-electron chi connectivity index (χ4n) is 3.00. The van der Waals surface area contributed by atoms with Gasteiger partial charge in [-0.3, -0.25) is 4.79 Å². The average molecular weight is 386 g/mol. The second-order valence-electron chi connectivity index (χ2n) is 6.21. The predicted octanol–water partition coefficient (Wildman–Crippen LogP) is 5.18. The molecule has 0 atom stereocenters. The number of amides is 1. The molecule has 0 heterocycles. The van der Waals surface area contributed by atoms with Crippen molar-refractivity contribution >= 4 is 28.4 Å². The summed E-state index contributed by atoms with van der Waals surface area (Å²) in [5, 5.41) is 14.3. The number of hydrogen-bond acceptors (Lipinski definition) is 4. The molecule has 0 aliphatic rings. The molecule has 0 aliphatic heterocycles. The molecule has 0 saturated heterocycles. The van der Waals surface area contributed by atoms with E-state index in [0.29, 0.717) is 30.2 Å². The second-order valence-corrected chi connectivity index (χ2v) is 6.21. The first-order chi connectivity index (χ1) is 14.2. The minimum Gasteiger partial charge on any atom is -0.494 e. The van der Waals surface area contributed by atoms with Gasteiger partial charge < -0.3 is 14.8 Å². The number of nitrogens with zero attached hydrogens (tertiary/aromatic N) is 1. The number of hydrogen-bond donors (Lipinski definition) is 1. The van der Waals surface area contributed by atoms with Crippen LogP contribution in [0.3, 0.4) is 0 Å². The maximum absolute atomic E-state index is 12.7. The van der Waals surface area contributed by atoms with Gasteiger partial charge in [-0.1, -0.05) is 30.3 Å². The molecular formula is C24H22N2O3. The van der Waals surface area contributed by atoms with E-state index >= 15 is 0 Å². The van der Waals surface area contributed by atoms with Crippen LogP contribution in [0.1, 0.15) is 19.4 Å². The predicted molar refractivity (Wildman–Crippen MR) is 115 cm³/mol. The molecule has 0 saturated carbocycles. The van der Waals surface area contributed by atoms with Crippen LogP contribution in [0.2, 0.25) is 0 Å². The molecule has 0 spiro atoms. The van der Waals surface area contributed by atoms with E-state index in [9.17, 15) is 10.1 Å². The lowest BCUT2D eigenvalue weighted by atomic mass is 10.0. The van der Waals surface area contributed by atoms with E-state index in [-0.39, 0.29) is 5.57 Å². The van der Waals surface area contributed by atoms with Crippen molar-refractivity contribution in [2.45, 2.75) is 13.8 Å². The molecule has 5 heteroatoms. The molecule has 29 heavy (non-hydrogen) atoms. The Morgan fingerprint density at radius 3 is 2.41 bits per heavy atom. The molecule has 0 fully saturated rings. The quantitative estimate of drug-likeness (QED) is 0.448.